The van der Waals surface area contributed by atoms with E-state index >= 15 is 0 Å². The fraction of sp³-hybridized carbons (Fsp3) is 0.917. The van der Waals surface area contributed by atoms with Gasteiger partial charge in [-0.15, -0.1) is 0 Å². The van der Waals surface area contributed by atoms with E-state index in [2.05, 4.69) is 5.32 Å². The number of carbonyl (C=O) groups excluding carboxylic acids is 2. The van der Waals surface area contributed by atoms with Gasteiger partial charge >= 0.3 is 12.2 Å². The van der Waals surface area contributed by atoms with Crippen molar-refractivity contribution >= 4 is 12.2 Å². The first-order chi connectivity index (χ1) is 15.7. The van der Waals surface area contributed by atoms with Gasteiger partial charge in [0, 0.05) is 40.4 Å². The topological polar surface area (TPSA) is 110 Å². The third kappa shape index (κ3) is 12.7. The Hall–Kier alpha value is -1.62. The molecule has 0 radical (unpaired) electrons. The molecule has 3 rings (SSSR count). The highest BCUT2D eigenvalue weighted by atomic mass is 16.6. The van der Waals surface area contributed by atoms with Crippen molar-refractivity contribution in [2.75, 3.05) is 53.5 Å². The molecule has 0 aromatic carbocycles. The van der Waals surface area contributed by atoms with Crippen molar-refractivity contribution in [3.8, 4) is 0 Å². The number of nitrogens with zero attached hydrogens (tertiary/aromatic N) is 2. The Balaban J connectivity index is 0.000000268. The maximum absolute atomic E-state index is 11.6. The minimum atomic E-state index is -0.454. The zero-order chi connectivity index (χ0) is 25.9. The molecule has 0 aromatic rings. The number of methoxy groups -OCH3 is 2. The van der Waals surface area contributed by atoms with Crippen LogP contribution in [0.4, 0.5) is 9.59 Å². The van der Waals surface area contributed by atoms with Gasteiger partial charge in [0.1, 0.15) is 11.2 Å². The van der Waals surface area contributed by atoms with Crippen LogP contribution in [0.5, 0.6) is 0 Å². The van der Waals surface area contributed by atoms with Crippen LogP contribution in [0.15, 0.2) is 0 Å². The van der Waals surface area contributed by atoms with Gasteiger partial charge in [-0.1, -0.05) is 0 Å². The lowest BCUT2D eigenvalue weighted by Gasteiger charge is -2.24. The van der Waals surface area contributed by atoms with Gasteiger partial charge in [-0.25, -0.2) is 9.59 Å². The molecule has 2 amide bonds. The number of rotatable bonds is 2. The maximum Gasteiger partial charge on any atom is 0.410 e. The molecule has 34 heavy (non-hydrogen) atoms. The average molecular weight is 490 g/mol. The van der Waals surface area contributed by atoms with E-state index in [1.165, 1.54) is 11.3 Å². The molecule has 2 N–H and O–H groups in total. The zero-order valence-corrected chi connectivity index (χ0v) is 22.4. The molecule has 0 aliphatic carbocycles. The number of likely N-dealkylation sites (tertiary alicyclic amines) is 2. The molecule has 3 saturated heterocycles. The third-order valence-corrected chi connectivity index (χ3v) is 5.29. The first-order valence-electron chi connectivity index (χ1n) is 12.1. The molecule has 0 aromatic heterocycles. The quantitative estimate of drug-likeness (QED) is 0.609. The van der Waals surface area contributed by atoms with Gasteiger partial charge in [0.05, 0.1) is 24.9 Å². The Morgan fingerprint density at radius 2 is 1.29 bits per heavy atom. The van der Waals surface area contributed by atoms with Gasteiger partial charge in [0.15, 0.2) is 0 Å². The molecule has 3 atom stereocenters. The molecule has 200 valence electrons. The van der Waals surface area contributed by atoms with E-state index in [0.29, 0.717) is 32.2 Å². The predicted molar refractivity (Wildman–Crippen MR) is 130 cm³/mol. The summed E-state index contributed by atoms with van der Waals surface area (Å²) in [6, 6.07) is 0. The summed E-state index contributed by atoms with van der Waals surface area (Å²) in [7, 11) is 3.43. The summed E-state index contributed by atoms with van der Waals surface area (Å²) in [5.74, 6) is 0. The summed E-state index contributed by atoms with van der Waals surface area (Å²) in [6.07, 6.45) is 2.43. The van der Waals surface area contributed by atoms with E-state index in [-0.39, 0.29) is 24.4 Å². The molecule has 3 aliphatic heterocycles. The molecular formula is C24H47N3O7. The number of β-amino-alcohol motifs (C(OH)–C–C–N with tert-alkyl or cyclic N) is 1. The SMILES string of the molecule is CC(C)(C)OC(=O)N1CC[C@@H](O)C1.CO[C@@H]1CCN(C(=O)OC(C)(C)C)C1.CO[C@@H]1CCNC1. The minimum Gasteiger partial charge on any atom is -0.444 e. The molecule has 0 saturated carbocycles. The monoisotopic (exact) mass is 489 g/mol. The standard InChI is InChI=1S/C10H19NO3.C9H17NO3.C5H11NO/c1-10(2,3)14-9(12)11-6-5-8(7-11)13-4;1-9(2,3)13-8(12)10-5-4-7(11)6-10;1-7-5-2-3-6-4-5/h8H,5-7H2,1-4H3;7,11H,4-6H2,1-3H3;5-6H,2-4H2,1H3/t8-;7-;5-/m111/s1. The second-order valence-electron chi connectivity index (χ2n) is 10.8. The van der Waals surface area contributed by atoms with Gasteiger partial charge in [-0.2, -0.15) is 0 Å². The molecule has 3 aliphatic rings. The number of aliphatic hydroxyl groups excluding tert-OH is 1. The van der Waals surface area contributed by atoms with Crippen LogP contribution in [0.25, 0.3) is 0 Å². The van der Waals surface area contributed by atoms with Crippen molar-refractivity contribution in [1.82, 2.24) is 15.1 Å². The van der Waals surface area contributed by atoms with Crippen LogP contribution in [0, 0.1) is 0 Å². The summed E-state index contributed by atoms with van der Waals surface area (Å²) in [4.78, 5) is 26.2. The largest absolute Gasteiger partial charge is 0.444 e. The fourth-order valence-corrected chi connectivity index (χ4v) is 3.48. The van der Waals surface area contributed by atoms with E-state index < -0.39 is 11.2 Å². The summed E-state index contributed by atoms with van der Waals surface area (Å²) in [5, 5.41) is 12.4. The maximum atomic E-state index is 11.6. The number of amides is 2. The van der Waals surface area contributed by atoms with Crippen LogP contribution >= 0.6 is 0 Å². The predicted octanol–water partition coefficient (Wildman–Crippen LogP) is 2.63. The van der Waals surface area contributed by atoms with Crippen LogP contribution in [-0.4, -0.2) is 110 Å². The molecule has 10 nitrogen and oxygen atoms in total. The van der Waals surface area contributed by atoms with Crippen LogP contribution in [0.3, 0.4) is 0 Å². The van der Waals surface area contributed by atoms with Gasteiger partial charge in [0.25, 0.3) is 0 Å². The van der Waals surface area contributed by atoms with Crippen molar-refractivity contribution in [3.05, 3.63) is 0 Å². The Bertz CT molecular complexity index is 613. The second kappa shape index (κ2) is 14.1. The summed E-state index contributed by atoms with van der Waals surface area (Å²) < 4.78 is 20.6. The van der Waals surface area contributed by atoms with E-state index in [1.807, 2.05) is 41.5 Å². The normalized spacial score (nSPS) is 24.7. The first kappa shape index (κ1) is 30.4. The van der Waals surface area contributed by atoms with Crippen molar-refractivity contribution in [2.24, 2.45) is 0 Å². The second-order valence-corrected chi connectivity index (χ2v) is 10.8. The Labute approximate surface area is 205 Å². The highest BCUT2D eigenvalue weighted by molar-refractivity contribution is 5.68. The van der Waals surface area contributed by atoms with Crippen LogP contribution < -0.4 is 5.32 Å². The van der Waals surface area contributed by atoms with Gasteiger partial charge in [-0.3, -0.25) is 0 Å². The van der Waals surface area contributed by atoms with E-state index in [4.69, 9.17) is 18.9 Å². The molecule has 0 unspecified atom stereocenters. The third-order valence-electron chi connectivity index (χ3n) is 5.29. The summed E-state index contributed by atoms with van der Waals surface area (Å²) in [5.41, 5.74) is -0.868. The molecular weight excluding hydrogens is 442 g/mol. The number of ether oxygens (including phenoxy) is 4. The average Bonchev–Trinajstić information content (AvgIpc) is 3.47. The van der Waals surface area contributed by atoms with E-state index in [0.717, 1.165) is 26.1 Å². The summed E-state index contributed by atoms with van der Waals surface area (Å²) >= 11 is 0. The highest BCUT2D eigenvalue weighted by Gasteiger charge is 2.30. The Kier molecular flexibility index (Phi) is 12.6. The van der Waals surface area contributed by atoms with E-state index in [1.54, 1.807) is 19.1 Å². The van der Waals surface area contributed by atoms with Crippen molar-refractivity contribution < 1.29 is 33.6 Å². The fourth-order valence-electron chi connectivity index (χ4n) is 3.48. The number of hydrogen-bond donors (Lipinski definition) is 2. The number of aliphatic hydroxyl groups is 1. The lowest BCUT2D eigenvalue weighted by atomic mass is 10.2. The first-order valence-corrected chi connectivity index (χ1v) is 12.1. The highest BCUT2D eigenvalue weighted by Crippen LogP contribution is 2.17. The number of hydrogen-bond acceptors (Lipinski definition) is 8. The van der Waals surface area contributed by atoms with Crippen molar-refractivity contribution in [1.29, 1.82) is 0 Å². The Morgan fingerprint density at radius 3 is 1.62 bits per heavy atom. The van der Waals surface area contributed by atoms with Crippen LogP contribution in [0.1, 0.15) is 60.8 Å². The molecule has 0 spiro atoms. The lowest BCUT2D eigenvalue weighted by Crippen LogP contribution is -2.35. The zero-order valence-electron chi connectivity index (χ0n) is 22.4. The molecule has 3 heterocycles. The van der Waals surface area contributed by atoms with Gasteiger partial charge in [0.2, 0.25) is 0 Å². The lowest BCUT2D eigenvalue weighted by molar-refractivity contribution is 0.0249. The number of nitrogens with one attached hydrogen (secondary N) is 1. The van der Waals surface area contributed by atoms with Crippen LogP contribution in [0.2, 0.25) is 0 Å². The van der Waals surface area contributed by atoms with Crippen molar-refractivity contribution in [2.45, 2.75) is 90.3 Å². The number of carbonyl (C=O) groups is 2. The minimum absolute atomic E-state index is 0.169. The smallest absolute Gasteiger partial charge is 0.410 e. The van der Waals surface area contributed by atoms with Gasteiger partial charge < -0.3 is 39.2 Å². The molecule has 3 fully saturated rings. The van der Waals surface area contributed by atoms with Crippen molar-refractivity contribution in [3.63, 3.8) is 0 Å². The van der Waals surface area contributed by atoms with Crippen LogP contribution in [-0.2, 0) is 18.9 Å². The van der Waals surface area contributed by atoms with Gasteiger partial charge in [-0.05, 0) is 67.3 Å². The Morgan fingerprint density at radius 1 is 0.794 bits per heavy atom. The molecule has 10 heteroatoms. The molecule has 0 bridgehead atoms. The summed E-state index contributed by atoms with van der Waals surface area (Å²) in [6.45, 7) is 15.6. The van der Waals surface area contributed by atoms with E-state index in [9.17, 15) is 14.7 Å².